The predicted molar refractivity (Wildman–Crippen MR) is 54.4 cm³/mol. The maximum absolute atomic E-state index is 5.14. The number of rotatable bonds is 4. The number of hydrogen-bond donors (Lipinski definition) is 0. The van der Waals surface area contributed by atoms with E-state index in [4.69, 9.17) is 4.74 Å². The highest BCUT2D eigenvalue weighted by molar-refractivity contribution is 5.28. The van der Waals surface area contributed by atoms with Crippen molar-refractivity contribution in [1.82, 2.24) is 4.90 Å². The molecule has 2 nitrogen and oxygen atoms in total. The van der Waals surface area contributed by atoms with Crippen molar-refractivity contribution in [3.8, 4) is 5.75 Å². The quantitative estimate of drug-likeness (QED) is 0.701. The lowest BCUT2D eigenvalue weighted by atomic mass is 10.2. The van der Waals surface area contributed by atoms with E-state index in [1.54, 1.807) is 7.11 Å². The van der Waals surface area contributed by atoms with Gasteiger partial charge in [-0.15, -0.1) is 0 Å². The Hall–Kier alpha value is -1.02. The molecule has 0 aliphatic rings. The highest BCUT2D eigenvalue weighted by Gasteiger charge is 1.98. The van der Waals surface area contributed by atoms with Gasteiger partial charge in [-0.1, -0.05) is 12.1 Å². The average molecular weight is 178 g/mol. The van der Waals surface area contributed by atoms with Crippen molar-refractivity contribution in [2.45, 2.75) is 13.5 Å². The van der Waals surface area contributed by atoms with Crippen molar-refractivity contribution in [2.24, 2.45) is 0 Å². The van der Waals surface area contributed by atoms with Gasteiger partial charge in [0.2, 0.25) is 0 Å². The molecule has 13 heavy (non-hydrogen) atoms. The van der Waals surface area contributed by atoms with Crippen LogP contribution in [0.2, 0.25) is 0 Å². The molecule has 0 aliphatic heterocycles. The van der Waals surface area contributed by atoms with E-state index in [-0.39, 0.29) is 0 Å². The summed E-state index contributed by atoms with van der Waals surface area (Å²) in [6.45, 7) is 5.01. The molecule has 0 aromatic heterocycles. The van der Waals surface area contributed by atoms with Crippen LogP contribution >= 0.6 is 0 Å². The Balaban J connectivity index is 2.66. The molecule has 1 radical (unpaired) electrons. The zero-order valence-corrected chi connectivity index (χ0v) is 8.45. The lowest BCUT2D eigenvalue weighted by molar-refractivity contribution is 0.396. The smallest absolute Gasteiger partial charge is 0.119 e. The van der Waals surface area contributed by atoms with Crippen LogP contribution in [0.5, 0.6) is 5.75 Å². The SMILES string of the molecule is C[CH]N(C)Cc1cccc(OC)c1. The summed E-state index contributed by atoms with van der Waals surface area (Å²) in [5.74, 6) is 0.919. The van der Waals surface area contributed by atoms with E-state index >= 15 is 0 Å². The van der Waals surface area contributed by atoms with Gasteiger partial charge in [-0.05, 0) is 31.7 Å². The fourth-order valence-electron chi connectivity index (χ4n) is 1.15. The minimum Gasteiger partial charge on any atom is -0.497 e. The monoisotopic (exact) mass is 178 g/mol. The molecule has 0 N–H and O–H groups in total. The summed E-state index contributed by atoms with van der Waals surface area (Å²) in [6.07, 6.45) is 0. The van der Waals surface area contributed by atoms with Crippen LogP contribution in [-0.2, 0) is 6.54 Å². The first-order valence-electron chi connectivity index (χ1n) is 4.39. The Morgan fingerprint density at radius 3 is 2.85 bits per heavy atom. The van der Waals surface area contributed by atoms with Gasteiger partial charge in [0, 0.05) is 13.1 Å². The fraction of sp³-hybridized carbons (Fsp3) is 0.364. The zero-order valence-electron chi connectivity index (χ0n) is 8.45. The molecule has 71 valence electrons. The molecule has 1 rings (SSSR count). The molecule has 0 saturated carbocycles. The summed E-state index contributed by atoms with van der Waals surface area (Å²) in [6, 6.07) is 8.12. The van der Waals surface area contributed by atoms with E-state index < -0.39 is 0 Å². The van der Waals surface area contributed by atoms with E-state index in [1.807, 2.05) is 19.1 Å². The molecule has 0 amide bonds. The fourth-order valence-corrected chi connectivity index (χ4v) is 1.15. The molecule has 0 spiro atoms. The molecule has 0 saturated heterocycles. The van der Waals surface area contributed by atoms with Gasteiger partial charge >= 0.3 is 0 Å². The van der Waals surface area contributed by atoms with Crippen molar-refractivity contribution in [3.05, 3.63) is 36.4 Å². The second kappa shape index (κ2) is 4.87. The number of benzene rings is 1. The molecular formula is C11H16NO. The van der Waals surface area contributed by atoms with Crippen molar-refractivity contribution in [2.75, 3.05) is 14.2 Å². The Kier molecular flexibility index (Phi) is 3.77. The van der Waals surface area contributed by atoms with Gasteiger partial charge in [0.1, 0.15) is 5.75 Å². The van der Waals surface area contributed by atoms with Crippen LogP contribution in [0.25, 0.3) is 0 Å². The number of hydrogen-bond acceptors (Lipinski definition) is 2. The minimum atomic E-state index is 0.919. The maximum Gasteiger partial charge on any atom is 0.119 e. The second-order valence-corrected chi connectivity index (χ2v) is 3.02. The molecule has 0 heterocycles. The molecule has 2 heteroatoms. The van der Waals surface area contributed by atoms with Gasteiger partial charge in [0.25, 0.3) is 0 Å². The third-order valence-electron chi connectivity index (χ3n) is 2.01. The van der Waals surface area contributed by atoms with E-state index in [9.17, 15) is 0 Å². The maximum atomic E-state index is 5.14. The first-order chi connectivity index (χ1) is 6.26. The Labute approximate surface area is 80.1 Å². The van der Waals surface area contributed by atoms with Crippen LogP contribution in [-0.4, -0.2) is 19.1 Å². The molecule has 0 atom stereocenters. The Morgan fingerprint density at radius 2 is 2.23 bits per heavy atom. The van der Waals surface area contributed by atoms with Gasteiger partial charge in [-0.3, -0.25) is 4.90 Å². The molecular weight excluding hydrogens is 162 g/mol. The predicted octanol–water partition coefficient (Wildman–Crippen LogP) is 2.31. The van der Waals surface area contributed by atoms with Crippen LogP contribution in [0.4, 0.5) is 0 Å². The second-order valence-electron chi connectivity index (χ2n) is 3.02. The summed E-state index contributed by atoms with van der Waals surface area (Å²) >= 11 is 0. The highest BCUT2D eigenvalue weighted by Crippen LogP contribution is 2.13. The number of methoxy groups -OCH3 is 1. The molecule has 0 bridgehead atoms. The zero-order chi connectivity index (χ0) is 9.68. The van der Waals surface area contributed by atoms with E-state index in [0.29, 0.717) is 0 Å². The third kappa shape index (κ3) is 3.07. The largest absolute Gasteiger partial charge is 0.497 e. The lowest BCUT2D eigenvalue weighted by Gasteiger charge is -2.13. The van der Waals surface area contributed by atoms with Crippen LogP contribution in [0, 0.1) is 6.54 Å². The van der Waals surface area contributed by atoms with Gasteiger partial charge in [-0.25, -0.2) is 0 Å². The van der Waals surface area contributed by atoms with Crippen LogP contribution in [0.1, 0.15) is 12.5 Å². The lowest BCUT2D eigenvalue weighted by Crippen LogP contribution is -2.12. The van der Waals surface area contributed by atoms with Crippen molar-refractivity contribution in [1.29, 1.82) is 0 Å². The summed E-state index contributed by atoms with van der Waals surface area (Å²) in [4.78, 5) is 2.13. The summed E-state index contributed by atoms with van der Waals surface area (Å²) < 4.78 is 5.14. The normalized spacial score (nSPS) is 10.5. The number of ether oxygens (including phenoxy) is 1. The summed E-state index contributed by atoms with van der Waals surface area (Å²) in [5.41, 5.74) is 1.26. The van der Waals surface area contributed by atoms with Crippen molar-refractivity contribution >= 4 is 0 Å². The van der Waals surface area contributed by atoms with E-state index in [2.05, 4.69) is 30.6 Å². The molecule has 0 unspecified atom stereocenters. The van der Waals surface area contributed by atoms with Crippen molar-refractivity contribution in [3.63, 3.8) is 0 Å². The Morgan fingerprint density at radius 1 is 1.46 bits per heavy atom. The van der Waals surface area contributed by atoms with Crippen LogP contribution in [0.15, 0.2) is 24.3 Å². The summed E-state index contributed by atoms with van der Waals surface area (Å²) in [7, 11) is 3.74. The first kappa shape index (κ1) is 10.1. The topological polar surface area (TPSA) is 12.5 Å². The van der Waals surface area contributed by atoms with Crippen LogP contribution in [0.3, 0.4) is 0 Å². The van der Waals surface area contributed by atoms with E-state index in [0.717, 1.165) is 12.3 Å². The molecule has 0 fully saturated rings. The number of nitrogens with zero attached hydrogens (tertiary/aromatic N) is 1. The molecule has 1 aromatic carbocycles. The van der Waals surface area contributed by atoms with Gasteiger partial charge in [0.05, 0.1) is 7.11 Å². The third-order valence-corrected chi connectivity index (χ3v) is 2.01. The van der Waals surface area contributed by atoms with Gasteiger partial charge in [-0.2, -0.15) is 0 Å². The molecule has 1 aromatic rings. The van der Waals surface area contributed by atoms with Crippen LogP contribution < -0.4 is 4.74 Å². The Bertz CT molecular complexity index is 260. The summed E-state index contributed by atoms with van der Waals surface area (Å²) in [5, 5.41) is 0. The highest BCUT2D eigenvalue weighted by atomic mass is 16.5. The van der Waals surface area contributed by atoms with Gasteiger partial charge < -0.3 is 4.74 Å². The van der Waals surface area contributed by atoms with E-state index in [1.165, 1.54) is 5.56 Å². The minimum absolute atomic E-state index is 0.919. The molecule has 0 aliphatic carbocycles. The average Bonchev–Trinajstić information content (AvgIpc) is 2.18. The standard InChI is InChI=1S/C11H16NO/c1-4-12(2)9-10-6-5-7-11(8-10)13-3/h4-8H,9H2,1-3H3. The van der Waals surface area contributed by atoms with Gasteiger partial charge in [0.15, 0.2) is 0 Å². The van der Waals surface area contributed by atoms with Crippen molar-refractivity contribution < 1.29 is 4.74 Å². The first-order valence-corrected chi connectivity index (χ1v) is 4.39.